The summed E-state index contributed by atoms with van der Waals surface area (Å²) in [5.74, 6) is -1.27. The molecule has 0 aliphatic carbocycles. The lowest BCUT2D eigenvalue weighted by Crippen LogP contribution is -2.43. The lowest BCUT2D eigenvalue weighted by molar-refractivity contribution is -0.142. The third kappa shape index (κ3) is 7.93. The van der Waals surface area contributed by atoms with Crippen LogP contribution in [0.4, 0.5) is 5.69 Å². The molecular weight excluding hydrogens is 418 g/mol. The van der Waals surface area contributed by atoms with Crippen LogP contribution >= 0.6 is 11.6 Å². The number of rotatable bonds is 4. The summed E-state index contributed by atoms with van der Waals surface area (Å²) >= 11 is 5.78. The fourth-order valence-electron chi connectivity index (χ4n) is 3.30. The summed E-state index contributed by atoms with van der Waals surface area (Å²) in [6.45, 7) is 2.36. The van der Waals surface area contributed by atoms with Crippen LogP contribution in [-0.2, 0) is 19.6 Å². The summed E-state index contributed by atoms with van der Waals surface area (Å²) in [6.07, 6.45) is 4.41. The van der Waals surface area contributed by atoms with Crippen LogP contribution in [0.15, 0.2) is 24.3 Å². The number of sulfonamides is 1. The lowest BCUT2D eigenvalue weighted by Gasteiger charge is -2.30. The molecule has 29 heavy (non-hydrogen) atoms. The lowest BCUT2D eigenvalue weighted by atomic mass is 9.99. The van der Waals surface area contributed by atoms with Gasteiger partial charge in [-0.1, -0.05) is 11.6 Å². The van der Waals surface area contributed by atoms with Gasteiger partial charge in [-0.25, -0.2) is 12.7 Å². The quantitative estimate of drug-likeness (QED) is 0.653. The standard InChI is InChI=1S/C13H17ClN2O3S.C6H11NO2/c1-20(18,19)16-8-2-3-10(9-16)13(17)15-12-6-4-11(14)5-7-12;8-6(9)5-2-1-3-7-4-5/h4-7,10H,2-3,8-9H2,1H3,(H,15,17);5,7H,1-4H2,(H,8,9)/t10-;5-/m00/s1. The molecule has 1 amide bonds. The van der Waals surface area contributed by atoms with E-state index in [-0.39, 0.29) is 24.3 Å². The zero-order chi connectivity index (χ0) is 21.4. The maximum Gasteiger partial charge on any atom is 0.307 e. The highest BCUT2D eigenvalue weighted by Gasteiger charge is 2.30. The number of halogens is 1. The molecule has 1 aromatic rings. The van der Waals surface area contributed by atoms with E-state index in [1.165, 1.54) is 10.6 Å². The number of hydrogen-bond acceptors (Lipinski definition) is 5. The molecule has 2 aliphatic rings. The fraction of sp³-hybridized carbons (Fsp3) is 0.579. The Kier molecular flexibility index (Phi) is 8.88. The number of piperidine rings is 2. The molecule has 8 nitrogen and oxygen atoms in total. The number of carbonyl (C=O) groups is 2. The maximum absolute atomic E-state index is 12.2. The first-order valence-corrected chi connectivity index (χ1v) is 11.8. The Hall–Kier alpha value is -1.68. The average Bonchev–Trinajstić information content (AvgIpc) is 2.70. The molecule has 0 bridgehead atoms. The number of hydrogen-bond donors (Lipinski definition) is 3. The molecule has 0 aromatic heterocycles. The molecule has 0 spiro atoms. The number of benzene rings is 1. The Morgan fingerprint density at radius 1 is 1.17 bits per heavy atom. The second kappa shape index (κ2) is 10.9. The molecule has 2 heterocycles. The molecule has 2 atom stereocenters. The van der Waals surface area contributed by atoms with Crippen molar-refractivity contribution in [1.29, 1.82) is 0 Å². The molecule has 0 radical (unpaired) electrons. The first-order chi connectivity index (χ1) is 13.7. The van der Waals surface area contributed by atoms with Crippen molar-refractivity contribution in [3.05, 3.63) is 29.3 Å². The molecular formula is C19H28ClN3O5S. The minimum atomic E-state index is -3.23. The number of carboxylic acids is 1. The largest absolute Gasteiger partial charge is 0.481 e. The number of nitrogens with one attached hydrogen (secondary N) is 2. The van der Waals surface area contributed by atoms with Crippen molar-refractivity contribution >= 4 is 39.2 Å². The van der Waals surface area contributed by atoms with Gasteiger partial charge in [0.1, 0.15) is 0 Å². The van der Waals surface area contributed by atoms with E-state index < -0.39 is 16.0 Å². The zero-order valence-electron chi connectivity index (χ0n) is 16.4. The van der Waals surface area contributed by atoms with Gasteiger partial charge in [0.15, 0.2) is 0 Å². The van der Waals surface area contributed by atoms with Gasteiger partial charge in [-0.15, -0.1) is 0 Å². The Balaban J connectivity index is 0.000000278. The van der Waals surface area contributed by atoms with Crippen molar-refractivity contribution in [2.24, 2.45) is 11.8 Å². The average molecular weight is 446 g/mol. The first kappa shape index (κ1) is 23.6. The molecule has 1 aromatic carbocycles. The Labute approximate surface area is 176 Å². The van der Waals surface area contributed by atoms with Crippen LogP contribution in [-0.4, -0.2) is 62.1 Å². The van der Waals surface area contributed by atoms with Crippen LogP contribution in [0.3, 0.4) is 0 Å². The summed E-state index contributed by atoms with van der Waals surface area (Å²) in [5, 5.41) is 14.9. The van der Waals surface area contributed by atoms with Crippen LogP contribution in [0.1, 0.15) is 25.7 Å². The second-order valence-electron chi connectivity index (χ2n) is 7.34. The van der Waals surface area contributed by atoms with E-state index in [0.29, 0.717) is 36.6 Å². The van der Waals surface area contributed by atoms with Gasteiger partial charge in [-0.2, -0.15) is 0 Å². The van der Waals surface area contributed by atoms with Gasteiger partial charge in [-0.05, 0) is 56.5 Å². The van der Waals surface area contributed by atoms with Crippen molar-refractivity contribution in [3.63, 3.8) is 0 Å². The van der Waals surface area contributed by atoms with Crippen molar-refractivity contribution in [1.82, 2.24) is 9.62 Å². The Morgan fingerprint density at radius 3 is 2.34 bits per heavy atom. The number of carbonyl (C=O) groups excluding carboxylic acids is 1. The highest BCUT2D eigenvalue weighted by molar-refractivity contribution is 7.88. The van der Waals surface area contributed by atoms with E-state index in [4.69, 9.17) is 16.7 Å². The molecule has 3 rings (SSSR count). The van der Waals surface area contributed by atoms with Gasteiger partial charge in [0, 0.05) is 30.3 Å². The number of nitrogens with zero attached hydrogens (tertiary/aromatic N) is 1. The topological polar surface area (TPSA) is 116 Å². The van der Waals surface area contributed by atoms with Crippen LogP contribution < -0.4 is 10.6 Å². The van der Waals surface area contributed by atoms with Crippen LogP contribution in [0, 0.1) is 11.8 Å². The van der Waals surface area contributed by atoms with Crippen molar-refractivity contribution in [2.45, 2.75) is 25.7 Å². The highest BCUT2D eigenvalue weighted by Crippen LogP contribution is 2.21. The minimum absolute atomic E-state index is 0.140. The summed E-state index contributed by atoms with van der Waals surface area (Å²) in [4.78, 5) is 22.5. The van der Waals surface area contributed by atoms with Crippen LogP contribution in [0.2, 0.25) is 5.02 Å². The van der Waals surface area contributed by atoms with Crippen molar-refractivity contribution in [2.75, 3.05) is 37.8 Å². The number of aliphatic carboxylic acids is 1. The number of carboxylic acid groups (broad SMARTS) is 1. The van der Waals surface area contributed by atoms with Gasteiger partial charge in [0.05, 0.1) is 18.1 Å². The summed E-state index contributed by atoms with van der Waals surface area (Å²) in [7, 11) is -3.23. The summed E-state index contributed by atoms with van der Waals surface area (Å²) in [6, 6.07) is 6.83. The predicted molar refractivity (Wildman–Crippen MR) is 112 cm³/mol. The van der Waals surface area contributed by atoms with Gasteiger partial charge in [0.2, 0.25) is 15.9 Å². The third-order valence-corrected chi connectivity index (χ3v) is 6.50. The SMILES string of the molecule is CS(=O)(=O)N1CCC[C@H](C(=O)Nc2ccc(Cl)cc2)C1.O=C(O)[C@H]1CCCNC1. The van der Waals surface area contributed by atoms with Gasteiger partial charge < -0.3 is 15.7 Å². The van der Waals surface area contributed by atoms with E-state index in [0.717, 1.165) is 19.4 Å². The van der Waals surface area contributed by atoms with E-state index in [2.05, 4.69) is 10.6 Å². The van der Waals surface area contributed by atoms with Gasteiger partial charge in [-0.3, -0.25) is 9.59 Å². The maximum atomic E-state index is 12.2. The predicted octanol–water partition coefficient (Wildman–Crippen LogP) is 2.02. The van der Waals surface area contributed by atoms with Crippen LogP contribution in [0.25, 0.3) is 0 Å². The normalized spacial score (nSPS) is 22.8. The van der Waals surface area contributed by atoms with Crippen LogP contribution in [0.5, 0.6) is 0 Å². The monoisotopic (exact) mass is 445 g/mol. The van der Waals surface area contributed by atoms with Gasteiger partial charge in [0.25, 0.3) is 0 Å². The molecule has 2 saturated heterocycles. The summed E-state index contributed by atoms with van der Waals surface area (Å²) in [5.41, 5.74) is 0.663. The minimum Gasteiger partial charge on any atom is -0.481 e. The molecule has 162 valence electrons. The first-order valence-electron chi connectivity index (χ1n) is 9.62. The number of amides is 1. The third-order valence-electron chi connectivity index (χ3n) is 4.98. The van der Waals surface area contributed by atoms with E-state index in [1.54, 1.807) is 24.3 Å². The van der Waals surface area contributed by atoms with Gasteiger partial charge >= 0.3 is 5.97 Å². The van der Waals surface area contributed by atoms with E-state index >= 15 is 0 Å². The molecule has 0 saturated carbocycles. The molecule has 0 unspecified atom stereocenters. The van der Waals surface area contributed by atoms with Crippen molar-refractivity contribution < 1.29 is 23.1 Å². The van der Waals surface area contributed by atoms with Crippen molar-refractivity contribution in [3.8, 4) is 0 Å². The molecule has 2 aliphatic heterocycles. The van der Waals surface area contributed by atoms with E-state index in [9.17, 15) is 18.0 Å². The highest BCUT2D eigenvalue weighted by atomic mass is 35.5. The fourth-order valence-corrected chi connectivity index (χ4v) is 4.34. The second-order valence-corrected chi connectivity index (χ2v) is 9.76. The molecule has 10 heteroatoms. The Bertz CT molecular complexity index is 795. The summed E-state index contributed by atoms with van der Waals surface area (Å²) < 4.78 is 24.4. The zero-order valence-corrected chi connectivity index (χ0v) is 18.0. The number of anilines is 1. The Morgan fingerprint density at radius 2 is 1.83 bits per heavy atom. The molecule has 3 N–H and O–H groups in total. The molecule has 2 fully saturated rings. The smallest absolute Gasteiger partial charge is 0.307 e. The van der Waals surface area contributed by atoms with E-state index in [1.807, 2.05) is 0 Å².